The first-order valence-electron chi connectivity index (χ1n) is 9.38. The lowest BCUT2D eigenvalue weighted by molar-refractivity contribution is 0.293. The van der Waals surface area contributed by atoms with E-state index < -0.39 is 8.32 Å². The Bertz CT molecular complexity index is 167. The highest BCUT2D eigenvalue weighted by Crippen LogP contribution is 2.30. The molecule has 0 rings (SSSR count). The van der Waals surface area contributed by atoms with Crippen LogP contribution in [0.15, 0.2) is 0 Å². The topological polar surface area (TPSA) is 9.23 Å². The Balaban J connectivity index is 4.48. The van der Waals surface area contributed by atoms with Crippen LogP contribution >= 0.6 is 0 Å². The summed E-state index contributed by atoms with van der Waals surface area (Å²) in [6.45, 7) is 10.2. The van der Waals surface area contributed by atoms with Gasteiger partial charge in [-0.15, -0.1) is 0 Å². The van der Waals surface area contributed by atoms with E-state index in [0.29, 0.717) is 0 Å². The molecule has 0 aromatic heterocycles. The largest absolute Gasteiger partial charge is 0.417 e. The van der Waals surface area contributed by atoms with Crippen molar-refractivity contribution in [3.8, 4) is 0 Å². The molecule has 0 aromatic carbocycles. The van der Waals surface area contributed by atoms with E-state index in [-0.39, 0.29) is 0 Å². The number of hydrogen-bond donors (Lipinski definition) is 0. The van der Waals surface area contributed by atoms with Gasteiger partial charge in [-0.1, -0.05) is 85.5 Å². The molecule has 0 saturated carbocycles. The molecule has 0 atom stereocenters. The molecule has 0 heterocycles. The Kier molecular flexibility index (Phi) is 14.3. The van der Waals surface area contributed by atoms with Crippen LogP contribution in [0.5, 0.6) is 0 Å². The first-order valence-corrected chi connectivity index (χ1v) is 11.9. The summed E-state index contributed by atoms with van der Waals surface area (Å²) >= 11 is 0. The molecule has 0 N–H and O–H groups in total. The quantitative estimate of drug-likeness (QED) is 0.235. The zero-order valence-electron chi connectivity index (χ0n) is 14.8. The van der Waals surface area contributed by atoms with Crippen LogP contribution in [0, 0.1) is 0 Å². The second kappa shape index (κ2) is 14.1. The van der Waals surface area contributed by atoms with Gasteiger partial charge in [0.25, 0.3) is 0 Å². The maximum atomic E-state index is 6.56. The van der Waals surface area contributed by atoms with E-state index in [2.05, 4.69) is 27.7 Å². The Hall–Kier alpha value is 0.177. The van der Waals surface area contributed by atoms with Crippen molar-refractivity contribution < 1.29 is 4.43 Å². The lowest BCUT2D eigenvalue weighted by Gasteiger charge is -2.32. The van der Waals surface area contributed by atoms with Crippen LogP contribution in [-0.4, -0.2) is 14.9 Å². The monoisotopic (exact) mass is 300 g/mol. The molecule has 1 nitrogen and oxygen atoms in total. The summed E-state index contributed by atoms with van der Waals surface area (Å²) in [6, 6.07) is 4.27. The zero-order valence-corrected chi connectivity index (χ0v) is 15.8. The molecule has 0 unspecified atom stereocenters. The minimum atomic E-state index is -1.43. The second-order valence-corrected chi connectivity index (χ2v) is 10.6. The van der Waals surface area contributed by atoms with Crippen molar-refractivity contribution in [1.82, 2.24) is 0 Å². The van der Waals surface area contributed by atoms with Gasteiger partial charge in [0, 0.05) is 6.61 Å². The molecule has 0 fully saturated rings. The standard InChI is InChI=1S/C18H40OSi/c1-5-9-12-16-20(19-15-8-4,17-13-10-6-2)18-14-11-7-3/h5-18H2,1-4H3. The van der Waals surface area contributed by atoms with E-state index in [4.69, 9.17) is 4.43 Å². The van der Waals surface area contributed by atoms with Gasteiger partial charge in [-0.3, -0.25) is 0 Å². The van der Waals surface area contributed by atoms with E-state index in [9.17, 15) is 0 Å². The molecule has 0 bridgehead atoms. The van der Waals surface area contributed by atoms with Gasteiger partial charge in [-0.05, 0) is 24.6 Å². The lowest BCUT2D eigenvalue weighted by atomic mass is 10.3. The van der Waals surface area contributed by atoms with Gasteiger partial charge in [0.1, 0.15) is 0 Å². The summed E-state index contributed by atoms with van der Waals surface area (Å²) in [4.78, 5) is 0. The highest BCUT2D eigenvalue weighted by Gasteiger charge is 2.32. The molecular formula is C18H40OSi. The average Bonchev–Trinajstić information content (AvgIpc) is 2.46. The molecule has 0 saturated heterocycles. The average molecular weight is 301 g/mol. The summed E-state index contributed by atoms with van der Waals surface area (Å²) < 4.78 is 6.56. The van der Waals surface area contributed by atoms with Gasteiger partial charge in [0.2, 0.25) is 0 Å². The fraction of sp³-hybridized carbons (Fsp3) is 1.00. The van der Waals surface area contributed by atoms with Gasteiger partial charge in [0.15, 0.2) is 8.32 Å². The smallest absolute Gasteiger partial charge is 0.192 e. The van der Waals surface area contributed by atoms with Crippen molar-refractivity contribution in [3.63, 3.8) is 0 Å². The van der Waals surface area contributed by atoms with Crippen LogP contribution in [0.1, 0.15) is 91.9 Å². The molecular weight excluding hydrogens is 260 g/mol. The third-order valence-corrected chi connectivity index (χ3v) is 8.93. The van der Waals surface area contributed by atoms with E-state index in [1.165, 1.54) is 82.3 Å². The molecule has 0 aliphatic carbocycles. The first kappa shape index (κ1) is 20.2. The lowest BCUT2D eigenvalue weighted by Crippen LogP contribution is -2.38. The fourth-order valence-corrected chi connectivity index (χ4v) is 7.50. The highest BCUT2D eigenvalue weighted by atomic mass is 28.4. The second-order valence-electron chi connectivity index (χ2n) is 6.40. The van der Waals surface area contributed by atoms with Crippen LogP contribution in [-0.2, 0) is 4.43 Å². The van der Waals surface area contributed by atoms with Crippen LogP contribution in [0.2, 0.25) is 18.1 Å². The van der Waals surface area contributed by atoms with Crippen molar-refractivity contribution in [2.24, 2.45) is 0 Å². The Labute approximate surface area is 130 Å². The predicted octanol–water partition coefficient (Wildman–Crippen LogP) is 6.93. The number of hydrogen-bond acceptors (Lipinski definition) is 1. The normalized spacial score (nSPS) is 12.0. The van der Waals surface area contributed by atoms with Gasteiger partial charge >= 0.3 is 0 Å². The Morgan fingerprint density at radius 1 is 0.550 bits per heavy atom. The Morgan fingerprint density at radius 3 is 1.25 bits per heavy atom. The zero-order chi connectivity index (χ0) is 15.1. The molecule has 122 valence electrons. The summed E-state index contributed by atoms with van der Waals surface area (Å²) in [5.74, 6) is 0. The molecule has 0 aromatic rings. The summed E-state index contributed by atoms with van der Waals surface area (Å²) in [7, 11) is -1.43. The highest BCUT2D eigenvalue weighted by molar-refractivity contribution is 6.73. The molecule has 0 spiro atoms. The third-order valence-electron chi connectivity index (χ3n) is 4.32. The fourth-order valence-electron chi connectivity index (χ4n) is 3.00. The van der Waals surface area contributed by atoms with Gasteiger partial charge in [-0.25, -0.2) is 0 Å². The SMILES string of the molecule is CCCCC[Si](CCCCC)(CCCCC)OCCC. The molecule has 0 aliphatic rings. The Morgan fingerprint density at radius 2 is 0.950 bits per heavy atom. The van der Waals surface area contributed by atoms with Crippen molar-refractivity contribution in [3.05, 3.63) is 0 Å². The molecule has 0 amide bonds. The third kappa shape index (κ3) is 9.98. The minimum absolute atomic E-state index is 1.01. The molecule has 0 radical (unpaired) electrons. The summed E-state index contributed by atoms with van der Waals surface area (Å²) in [5.41, 5.74) is 0. The molecule has 20 heavy (non-hydrogen) atoms. The van der Waals surface area contributed by atoms with Crippen LogP contribution < -0.4 is 0 Å². The van der Waals surface area contributed by atoms with Gasteiger partial charge in [0.05, 0.1) is 0 Å². The van der Waals surface area contributed by atoms with E-state index in [1.807, 2.05) is 0 Å². The van der Waals surface area contributed by atoms with Crippen molar-refractivity contribution in [2.45, 2.75) is 110 Å². The maximum Gasteiger partial charge on any atom is 0.192 e. The number of rotatable bonds is 15. The van der Waals surface area contributed by atoms with Crippen molar-refractivity contribution >= 4 is 8.32 Å². The van der Waals surface area contributed by atoms with Gasteiger partial charge in [-0.2, -0.15) is 0 Å². The predicted molar refractivity (Wildman–Crippen MR) is 95.0 cm³/mol. The molecule has 2 heteroatoms. The first-order chi connectivity index (χ1) is 9.74. The van der Waals surface area contributed by atoms with Crippen LogP contribution in [0.4, 0.5) is 0 Å². The minimum Gasteiger partial charge on any atom is -0.417 e. The summed E-state index contributed by atoms with van der Waals surface area (Å²) in [6.07, 6.45) is 13.6. The molecule has 0 aliphatic heterocycles. The number of unbranched alkanes of at least 4 members (excludes halogenated alkanes) is 6. The van der Waals surface area contributed by atoms with Crippen molar-refractivity contribution in [2.75, 3.05) is 6.61 Å². The van der Waals surface area contributed by atoms with E-state index >= 15 is 0 Å². The summed E-state index contributed by atoms with van der Waals surface area (Å²) in [5, 5.41) is 0. The van der Waals surface area contributed by atoms with Crippen molar-refractivity contribution in [1.29, 1.82) is 0 Å². The van der Waals surface area contributed by atoms with Crippen LogP contribution in [0.25, 0.3) is 0 Å². The van der Waals surface area contributed by atoms with Gasteiger partial charge < -0.3 is 4.43 Å². The van der Waals surface area contributed by atoms with E-state index in [0.717, 1.165) is 6.61 Å². The van der Waals surface area contributed by atoms with E-state index in [1.54, 1.807) is 0 Å². The van der Waals surface area contributed by atoms with Crippen LogP contribution in [0.3, 0.4) is 0 Å². The maximum absolute atomic E-state index is 6.56.